The molecular formula is C10H22O2. The van der Waals surface area contributed by atoms with E-state index in [-0.39, 0.29) is 5.41 Å². The van der Waals surface area contributed by atoms with Gasteiger partial charge in [0, 0.05) is 0 Å². The molecule has 2 N–H and O–H groups in total. The fourth-order valence-corrected chi connectivity index (χ4v) is 1.52. The van der Waals surface area contributed by atoms with Crippen molar-refractivity contribution in [1.29, 1.82) is 0 Å². The van der Waals surface area contributed by atoms with Crippen LogP contribution in [-0.4, -0.2) is 22.4 Å². The molecule has 12 heavy (non-hydrogen) atoms. The maximum absolute atomic E-state index is 9.44. The smallest absolute Gasteiger partial charge is 0.0801 e. The van der Waals surface area contributed by atoms with E-state index < -0.39 is 12.2 Å². The molecule has 0 aliphatic heterocycles. The summed E-state index contributed by atoms with van der Waals surface area (Å²) < 4.78 is 0. The fraction of sp³-hybridized carbons (Fsp3) is 1.00. The average Bonchev–Trinajstić information content (AvgIpc) is 1.85. The van der Waals surface area contributed by atoms with E-state index in [2.05, 4.69) is 20.8 Å². The molecule has 0 spiro atoms. The Hall–Kier alpha value is -0.0800. The number of rotatable bonds is 5. The minimum atomic E-state index is -0.610. The maximum Gasteiger partial charge on any atom is 0.0801 e. The third-order valence-corrected chi connectivity index (χ3v) is 2.25. The Morgan fingerprint density at radius 2 is 1.75 bits per heavy atom. The fourth-order valence-electron chi connectivity index (χ4n) is 1.52. The molecule has 2 heteroatoms. The van der Waals surface area contributed by atoms with Crippen LogP contribution < -0.4 is 0 Å². The minimum Gasteiger partial charge on any atom is -0.391 e. The molecule has 0 rings (SSSR count). The highest BCUT2D eigenvalue weighted by atomic mass is 16.3. The molecule has 0 aromatic carbocycles. The Morgan fingerprint density at radius 1 is 1.25 bits per heavy atom. The Kier molecular flexibility index (Phi) is 4.80. The zero-order chi connectivity index (χ0) is 9.78. The molecular weight excluding hydrogens is 152 g/mol. The largest absolute Gasteiger partial charge is 0.391 e. The van der Waals surface area contributed by atoms with Crippen LogP contribution in [-0.2, 0) is 0 Å². The van der Waals surface area contributed by atoms with E-state index in [0.29, 0.717) is 6.42 Å². The summed E-state index contributed by atoms with van der Waals surface area (Å²) in [5.74, 6) is 0. The Morgan fingerprint density at radius 3 is 2.08 bits per heavy atom. The summed E-state index contributed by atoms with van der Waals surface area (Å²) in [6.45, 7) is 8.02. The highest BCUT2D eigenvalue weighted by molar-refractivity contribution is 4.75. The molecule has 2 atom stereocenters. The SMILES string of the molecule is CCCC(C)(C)CC(O)C(C)O. The molecule has 2 unspecified atom stereocenters. The third-order valence-electron chi connectivity index (χ3n) is 2.25. The quantitative estimate of drug-likeness (QED) is 0.668. The van der Waals surface area contributed by atoms with Gasteiger partial charge in [-0.15, -0.1) is 0 Å². The van der Waals surface area contributed by atoms with Gasteiger partial charge in [0.2, 0.25) is 0 Å². The lowest BCUT2D eigenvalue weighted by molar-refractivity contribution is 0.00215. The summed E-state index contributed by atoms with van der Waals surface area (Å²) in [5.41, 5.74) is 0.144. The van der Waals surface area contributed by atoms with Gasteiger partial charge >= 0.3 is 0 Å². The van der Waals surface area contributed by atoms with E-state index in [1.165, 1.54) is 0 Å². The summed E-state index contributed by atoms with van der Waals surface area (Å²) in [6, 6.07) is 0. The highest BCUT2D eigenvalue weighted by Crippen LogP contribution is 2.28. The van der Waals surface area contributed by atoms with Crippen LogP contribution >= 0.6 is 0 Å². The predicted molar refractivity (Wildman–Crippen MR) is 51.0 cm³/mol. The Bertz CT molecular complexity index is 119. The summed E-state index contributed by atoms with van der Waals surface area (Å²) in [6.07, 6.45) is 1.71. The zero-order valence-corrected chi connectivity index (χ0v) is 8.67. The molecule has 0 saturated heterocycles. The predicted octanol–water partition coefficient (Wildman–Crippen LogP) is 1.94. The van der Waals surface area contributed by atoms with E-state index in [1.807, 2.05) is 0 Å². The second kappa shape index (κ2) is 4.83. The molecule has 0 heterocycles. The van der Waals surface area contributed by atoms with Crippen molar-refractivity contribution >= 4 is 0 Å². The van der Waals surface area contributed by atoms with Gasteiger partial charge in [-0.1, -0.05) is 27.2 Å². The van der Waals surface area contributed by atoms with Crippen LogP contribution in [0.15, 0.2) is 0 Å². The van der Waals surface area contributed by atoms with Crippen molar-refractivity contribution < 1.29 is 10.2 Å². The first-order valence-corrected chi connectivity index (χ1v) is 4.75. The number of aliphatic hydroxyl groups is 2. The van der Waals surface area contributed by atoms with Crippen molar-refractivity contribution in [3.63, 3.8) is 0 Å². The van der Waals surface area contributed by atoms with Gasteiger partial charge in [-0.05, 0) is 25.2 Å². The number of hydrogen-bond acceptors (Lipinski definition) is 2. The van der Waals surface area contributed by atoms with E-state index in [1.54, 1.807) is 6.92 Å². The first-order valence-electron chi connectivity index (χ1n) is 4.75. The topological polar surface area (TPSA) is 40.5 Å². The Balaban J connectivity index is 3.87. The second-order valence-electron chi connectivity index (χ2n) is 4.43. The highest BCUT2D eigenvalue weighted by Gasteiger charge is 2.23. The van der Waals surface area contributed by atoms with Gasteiger partial charge in [0.1, 0.15) is 0 Å². The van der Waals surface area contributed by atoms with Gasteiger partial charge in [-0.2, -0.15) is 0 Å². The Labute approximate surface area is 75.6 Å². The first-order chi connectivity index (χ1) is 5.39. The lowest BCUT2D eigenvalue weighted by atomic mass is 9.81. The van der Waals surface area contributed by atoms with Crippen LogP contribution in [0.5, 0.6) is 0 Å². The van der Waals surface area contributed by atoms with Crippen molar-refractivity contribution in [2.24, 2.45) is 5.41 Å². The standard InChI is InChI=1S/C10H22O2/c1-5-6-10(3,4)7-9(12)8(2)11/h8-9,11-12H,5-7H2,1-4H3. The lowest BCUT2D eigenvalue weighted by Crippen LogP contribution is -2.29. The normalized spacial score (nSPS) is 17.5. The van der Waals surface area contributed by atoms with E-state index in [9.17, 15) is 5.11 Å². The molecule has 0 bridgehead atoms. The van der Waals surface area contributed by atoms with Crippen molar-refractivity contribution in [3.05, 3.63) is 0 Å². The van der Waals surface area contributed by atoms with Crippen molar-refractivity contribution in [1.82, 2.24) is 0 Å². The molecule has 74 valence electrons. The molecule has 0 aliphatic rings. The van der Waals surface area contributed by atoms with Crippen LogP contribution in [0.3, 0.4) is 0 Å². The molecule has 0 radical (unpaired) electrons. The van der Waals surface area contributed by atoms with Crippen LogP contribution in [0.4, 0.5) is 0 Å². The van der Waals surface area contributed by atoms with Crippen LogP contribution in [0.1, 0.15) is 47.0 Å². The van der Waals surface area contributed by atoms with Gasteiger partial charge in [0.05, 0.1) is 12.2 Å². The second-order valence-corrected chi connectivity index (χ2v) is 4.43. The van der Waals surface area contributed by atoms with E-state index in [4.69, 9.17) is 5.11 Å². The molecule has 0 aromatic rings. The lowest BCUT2D eigenvalue weighted by Gasteiger charge is -2.28. The molecule has 2 nitrogen and oxygen atoms in total. The zero-order valence-electron chi connectivity index (χ0n) is 8.67. The van der Waals surface area contributed by atoms with Crippen molar-refractivity contribution in [2.45, 2.75) is 59.2 Å². The molecule has 0 amide bonds. The summed E-state index contributed by atoms with van der Waals surface area (Å²) >= 11 is 0. The molecule has 0 aliphatic carbocycles. The van der Waals surface area contributed by atoms with Crippen LogP contribution in [0.25, 0.3) is 0 Å². The maximum atomic E-state index is 9.44. The van der Waals surface area contributed by atoms with Gasteiger partial charge < -0.3 is 10.2 Å². The molecule has 0 saturated carbocycles. The molecule has 0 fully saturated rings. The number of hydrogen-bond donors (Lipinski definition) is 2. The van der Waals surface area contributed by atoms with Gasteiger partial charge in [-0.3, -0.25) is 0 Å². The van der Waals surface area contributed by atoms with Gasteiger partial charge in [0.25, 0.3) is 0 Å². The molecule has 0 aromatic heterocycles. The third kappa shape index (κ3) is 4.73. The van der Waals surface area contributed by atoms with Crippen molar-refractivity contribution in [2.75, 3.05) is 0 Å². The van der Waals surface area contributed by atoms with Crippen LogP contribution in [0, 0.1) is 5.41 Å². The van der Waals surface area contributed by atoms with Gasteiger partial charge in [-0.25, -0.2) is 0 Å². The van der Waals surface area contributed by atoms with Gasteiger partial charge in [0.15, 0.2) is 0 Å². The summed E-state index contributed by atoms with van der Waals surface area (Å²) in [4.78, 5) is 0. The minimum absolute atomic E-state index is 0.144. The van der Waals surface area contributed by atoms with E-state index in [0.717, 1.165) is 12.8 Å². The summed E-state index contributed by atoms with van der Waals surface area (Å²) in [7, 11) is 0. The summed E-state index contributed by atoms with van der Waals surface area (Å²) in [5, 5.41) is 18.5. The monoisotopic (exact) mass is 174 g/mol. The van der Waals surface area contributed by atoms with E-state index >= 15 is 0 Å². The average molecular weight is 174 g/mol. The van der Waals surface area contributed by atoms with Crippen LogP contribution in [0.2, 0.25) is 0 Å². The first kappa shape index (κ1) is 11.9. The van der Waals surface area contributed by atoms with Crippen molar-refractivity contribution in [3.8, 4) is 0 Å². The number of aliphatic hydroxyl groups excluding tert-OH is 2.